The van der Waals surface area contributed by atoms with E-state index in [0.717, 1.165) is 22.4 Å². The van der Waals surface area contributed by atoms with Crippen LogP contribution in [0.3, 0.4) is 0 Å². The molecule has 4 heteroatoms. The van der Waals surface area contributed by atoms with Gasteiger partial charge in [-0.05, 0) is 49.2 Å². The van der Waals surface area contributed by atoms with Crippen LogP contribution in [0.25, 0.3) is 11.1 Å². The molecule has 132 valence electrons. The van der Waals surface area contributed by atoms with Gasteiger partial charge >= 0.3 is 0 Å². The highest BCUT2D eigenvalue weighted by molar-refractivity contribution is 5.95. The zero-order valence-electron chi connectivity index (χ0n) is 15.4. The Morgan fingerprint density at radius 2 is 1.60 bits per heavy atom. The largest absolute Gasteiger partial charge is 0.378 e. The molecule has 1 aliphatic heterocycles. The molecule has 2 atom stereocenters. The molecule has 3 rings (SSSR count). The molecular weight excluding hydrogens is 312 g/mol. The molecule has 2 aromatic carbocycles. The van der Waals surface area contributed by atoms with E-state index in [1.807, 2.05) is 57.1 Å². The van der Waals surface area contributed by atoms with Crippen molar-refractivity contribution in [1.82, 2.24) is 4.90 Å². The average Bonchev–Trinajstić information content (AvgIpc) is 2.60. The maximum atomic E-state index is 12.9. The lowest BCUT2D eigenvalue weighted by Gasteiger charge is -2.35. The minimum atomic E-state index is 0.0765. The molecule has 0 spiro atoms. The third-order valence-electron chi connectivity index (χ3n) is 4.51. The van der Waals surface area contributed by atoms with Crippen LogP contribution in [0.2, 0.25) is 0 Å². The van der Waals surface area contributed by atoms with E-state index in [1.165, 1.54) is 0 Å². The van der Waals surface area contributed by atoms with Gasteiger partial charge in [0.25, 0.3) is 5.91 Å². The standard InChI is InChI=1S/C21H26N2O2/c1-15-13-23(14-16(2)25-15)21(24)19-9-5-7-17(11-19)18-8-6-10-20(12-18)22(3)4/h5-12,15-16H,13-14H2,1-4H3/t15-,16+. The minimum absolute atomic E-state index is 0.0765. The van der Waals surface area contributed by atoms with Crippen molar-refractivity contribution in [1.29, 1.82) is 0 Å². The van der Waals surface area contributed by atoms with E-state index in [9.17, 15) is 4.79 Å². The molecule has 1 amide bonds. The monoisotopic (exact) mass is 338 g/mol. The molecule has 1 aliphatic rings. The molecule has 0 N–H and O–H groups in total. The minimum Gasteiger partial charge on any atom is -0.378 e. The Kier molecular flexibility index (Phi) is 5.09. The second-order valence-corrected chi connectivity index (χ2v) is 6.99. The van der Waals surface area contributed by atoms with Gasteiger partial charge in [0.1, 0.15) is 0 Å². The van der Waals surface area contributed by atoms with Gasteiger partial charge in [-0.2, -0.15) is 0 Å². The van der Waals surface area contributed by atoms with Crippen molar-refractivity contribution >= 4 is 11.6 Å². The number of morpholine rings is 1. The summed E-state index contributed by atoms with van der Waals surface area (Å²) in [7, 11) is 4.06. The predicted molar refractivity (Wildman–Crippen MR) is 102 cm³/mol. The number of benzene rings is 2. The Morgan fingerprint density at radius 1 is 1.00 bits per heavy atom. The van der Waals surface area contributed by atoms with E-state index in [2.05, 4.69) is 29.2 Å². The predicted octanol–water partition coefficient (Wildman–Crippen LogP) is 3.67. The van der Waals surface area contributed by atoms with E-state index in [0.29, 0.717) is 13.1 Å². The van der Waals surface area contributed by atoms with Crippen molar-refractivity contribution in [3.8, 4) is 11.1 Å². The number of carbonyl (C=O) groups excluding carboxylic acids is 1. The molecule has 1 fully saturated rings. The van der Waals surface area contributed by atoms with Crippen LogP contribution in [0.4, 0.5) is 5.69 Å². The quantitative estimate of drug-likeness (QED) is 0.856. The molecule has 0 unspecified atom stereocenters. The Balaban J connectivity index is 1.86. The van der Waals surface area contributed by atoms with Crippen LogP contribution in [0.5, 0.6) is 0 Å². The molecule has 2 aromatic rings. The number of nitrogens with zero attached hydrogens (tertiary/aromatic N) is 2. The normalized spacial score (nSPS) is 20.4. The first-order valence-corrected chi connectivity index (χ1v) is 8.76. The second-order valence-electron chi connectivity index (χ2n) is 6.99. The SMILES string of the molecule is C[C@@H]1CN(C(=O)c2cccc(-c3cccc(N(C)C)c3)c2)C[C@H](C)O1. The fraction of sp³-hybridized carbons (Fsp3) is 0.381. The number of rotatable bonds is 3. The van der Waals surface area contributed by atoms with Gasteiger partial charge in [-0.1, -0.05) is 24.3 Å². The Labute approximate surface area is 150 Å². The van der Waals surface area contributed by atoms with Crippen molar-refractivity contribution in [3.63, 3.8) is 0 Å². The van der Waals surface area contributed by atoms with E-state index in [1.54, 1.807) is 0 Å². The molecule has 0 saturated carbocycles. The van der Waals surface area contributed by atoms with Gasteiger partial charge in [-0.3, -0.25) is 4.79 Å². The van der Waals surface area contributed by atoms with Crippen molar-refractivity contribution in [3.05, 3.63) is 54.1 Å². The van der Waals surface area contributed by atoms with Gasteiger partial charge in [-0.15, -0.1) is 0 Å². The van der Waals surface area contributed by atoms with E-state index >= 15 is 0 Å². The molecule has 4 nitrogen and oxygen atoms in total. The molecular formula is C21H26N2O2. The van der Waals surface area contributed by atoms with Gasteiger partial charge in [0.15, 0.2) is 0 Å². The summed E-state index contributed by atoms with van der Waals surface area (Å²) in [5.74, 6) is 0.0765. The van der Waals surface area contributed by atoms with Gasteiger partial charge in [0.05, 0.1) is 12.2 Å². The summed E-state index contributed by atoms with van der Waals surface area (Å²) in [5.41, 5.74) is 4.05. The maximum Gasteiger partial charge on any atom is 0.254 e. The van der Waals surface area contributed by atoms with E-state index in [4.69, 9.17) is 4.74 Å². The maximum absolute atomic E-state index is 12.9. The highest BCUT2D eigenvalue weighted by Gasteiger charge is 2.26. The average molecular weight is 338 g/mol. The highest BCUT2D eigenvalue weighted by atomic mass is 16.5. The Hall–Kier alpha value is -2.33. The molecule has 1 saturated heterocycles. The molecule has 0 aliphatic carbocycles. The summed E-state index contributed by atoms with van der Waals surface area (Å²) in [5, 5.41) is 0. The smallest absolute Gasteiger partial charge is 0.254 e. The van der Waals surface area contributed by atoms with Crippen LogP contribution < -0.4 is 4.90 Å². The third kappa shape index (κ3) is 4.02. The number of hydrogen-bond acceptors (Lipinski definition) is 3. The lowest BCUT2D eigenvalue weighted by atomic mass is 10.0. The van der Waals surface area contributed by atoms with Gasteiger partial charge in [0.2, 0.25) is 0 Å². The molecule has 25 heavy (non-hydrogen) atoms. The van der Waals surface area contributed by atoms with Crippen molar-refractivity contribution in [2.75, 3.05) is 32.1 Å². The third-order valence-corrected chi connectivity index (χ3v) is 4.51. The van der Waals surface area contributed by atoms with Crippen molar-refractivity contribution in [2.24, 2.45) is 0 Å². The lowest BCUT2D eigenvalue weighted by molar-refractivity contribution is -0.0586. The van der Waals surface area contributed by atoms with Crippen LogP contribution >= 0.6 is 0 Å². The lowest BCUT2D eigenvalue weighted by Crippen LogP contribution is -2.48. The summed E-state index contributed by atoms with van der Waals surface area (Å²) in [6, 6.07) is 16.2. The summed E-state index contributed by atoms with van der Waals surface area (Å²) in [4.78, 5) is 16.9. The zero-order chi connectivity index (χ0) is 18.0. The number of carbonyl (C=O) groups is 1. The van der Waals surface area contributed by atoms with Crippen molar-refractivity contribution in [2.45, 2.75) is 26.1 Å². The Bertz CT molecular complexity index is 747. The highest BCUT2D eigenvalue weighted by Crippen LogP contribution is 2.25. The summed E-state index contributed by atoms with van der Waals surface area (Å²) in [6.07, 6.45) is 0.153. The first-order chi connectivity index (χ1) is 11.9. The number of ether oxygens (including phenoxy) is 1. The van der Waals surface area contributed by atoms with Crippen LogP contribution in [-0.4, -0.2) is 50.2 Å². The topological polar surface area (TPSA) is 32.8 Å². The fourth-order valence-electron chi connectivity index (χ4n) is 3.32. The molecule has 0 aromatic heterocycles. The summed E-state index contributed by atoms with van der Waals surface area (Å²) < 4.78 is 5.73. The van der Waals surface area contributed by atoms with Crippen LogP contribution in [-0.2, 0) is 4.74 Å². The first kappa shape index (κ1) is 17.5. The summed E-state index contributed by atoms with van der Waals surface area (Å²) in [6.45, 7) is 5.31. The molecule has 1 heterocycles. The van der Waals surface area contributed by atoms with Gasteiger partial charge < -0.3 is 14.5 Å². The first-order valence-electron chi connectivity index (χ1n) is 8.76. The van der Waals surface area contributed by atoms with Crippen molar-refractivity contribution < 1.29 is 9.53 Å². The summed E-state index contributed by atoms with van der Waals surface area (Å²) >= 11 is 0. The van der Waals surface area contributed by atoms with Crippen LogP contribution in [0.1, 0.15) is 24.2 Å². The van der Waals surface area contributed by atoms with E-state index in [-0.39, 0.29) is 18.1 Å². The number of anilines is 1. The second kappa shape index (κ2) is 7.28. The number of amides is 1. The van der Waals surface area contributed by atoms with Crippen LogP contribution in [0, 0.1) is 0 Å². The van der Waals surface area contributed by atoms with E-state index < -0.39 is 0 Å². The van der Waals surface area contributed by atoms with Gasteiger partial charge in [0, 0.05) is 38.4 Å². The number of hydrogen-bond donors (Lipinski definition) is 0. The van der Waals surface area contributed by atoms with Gasteiger partial charge in [-0.25, -0.2) is 0 Å². The molecule has 0 radical (unpaired) electrons. The zero-order valence-corrected chi connectivity index (χ0v) is 15.4. The molecule has 0 bridgehead atoms. The fourth-order valence-corrected chi connectivity index (χ4v) is 3.32. The van der Waals surface area contributed by atoms with Crippen LogP contribution in [0.15, 0.2) is 48.5 Å². The Morgan fingerprint density at radius 3 is 2.24 bits per heavy atom.